The lowest BCUT2D eigenvalue weighted by atomic mass is 10.0. The van der Waals surface area contributed by atoms with Crippen LogP contribution in [0.5, 0.6) is 0 Å². The maximum atomic E-state index is 13.5. The van der Waals surface area contributed by atoms with Gasteiger partial charge in [0.1, 0.15) is 17.3 Å². The second-order valence-electron chi connectivity index (χ2n) is 3.76. The third kappa shape index (κ3) is 2.15. The first-order valence-electron chi connectivity index (χ1n) is 5.40. The molecule has 0 saturated heterocycles. The minimum atomic E-state index is -0.237. The van der Waals surface area contributed by atoms with Crippen LogP contribution < -0.4 is 0 Å². The van der Waals surface area contributed by atoms with Crippen molar-refractivity contribution < 1.29 is 4.39 Å². The van der Waals surface area contributed by atoms with Crippen molar-refractivity contribution in [2.24, 2.45) is 0 Å². The van der Waals surface area contributed by atoms with E-state index in [0.29, 0.717) is 22.8 Å². The van der Waals surface area contributed by atoms with Crippen LogP contribution in [0.2, 0.25) is 5.15 Å². The highest BCUT2D eigenvalue weighted by atomic mass is 35.5. The molecule has 1 heterocycles. The van der Waals surface area contributed by atoms with Crippen LogP contribution in [-0.2, 0) is 6.42 Å². The second kappa shape index (κ2) is 4.80. The van der Waals surface area contributed by atoms with E-state index in [2.05, 4.69) is 9.97 Å². The van der Waals surface area contributed by atoms with Crippen LogP contribution in [0, 0.1) is 12.7 Å². The molecule has 2 aromatic rings. The zero-order valence-electron chi connectivity index (χ0n) is 9.67. The second-order valence-corrected chi connectivity index (χ2v) is 4.12. The van der Waals surface area contributed by atoms with Crippen molar-refractivity contribution in [3.63, 3.8) is 0 Å². The molecule has 0 spiro atoms. The van der Waals surface area contributed by atoms with Gasteiger partial charge in [-0.2, -0.15) is 0 Å². The van der Waals surface area contributed by atoms with Gasteiger partial charge in [0.05, 0.1) is 5.69 Å². The highest BCUT2D eigenvalue weighted by molar-refractivity contribution is 6.30. The van der Waals surface area contributed by atoms with Gasteiger partial charge in [0.25, 0.3) is 0 Å². The Morgan fingerprint density at radius 3 is 2.76 bits per heavy atom. The first-order chi connectivity index (χ1) is 8.15. The van der Waals surface area contributed by atoms with Gasteiger partial charge in [-0.3, -0.25) is 0 Å². The first-order valence-corrected chi connectivity index (χ1v) is 5.77. The Bertz CT molecular complexity index is 555. The summed E-state index contributed by atoms with van der Waals surface area (Å²) < 4.78 is 13.5. The molecule has 0 aliphatic rings. The van der Waals surface area contributed by atoms with Gasteiger partial charge in [-0.05, 0) is 25.0 Å². The maximum Gasteiger partial charge on any atom is 0.136 e. The van der Waals surface area contributed by atoms with Crippen molar-refractivity contribution in [1.29, 1.82) is 0 Å². The summed E-state index contributed by atoms with van der Waals surface area (Å²) in [5.74, 6) is -0.237. The van der Waals surface area contributed by atoms with E-state index < -0.39 is 0 Å². The SMILES string of the molecule is CCc1c(Cl)ncnc1-c1cccc(F)c1C. The van der Waals surface area contributed by atoms with E-state index in [4.69, 9.17) is 11.6 Å². The Labute approximate surface area is 104 Å². The van der Waals surface area contributed by atoms with Gasteiger partial charge in [0, 0.05) is 11.1 Å². The summed E-state index contributed by atoms with van der Waals surface area (Å²) in [6, 6.07) is 4.95. The zero-order valence-corrected chi connectivity index (χ0v) is 10.4. The van der Waals surface area contributed by atoms with Gasteiger partial charge in [-0.15, -0.1) is 0 Å². The van der Waals surface area contributed by atoms with Crippen LogP contribution in [0.3, 0.4) is 0 Å². The number of nitrogens with zero attached hydrogens (tertiary/aromatic N) is 2. The number of halogens is 2. The Kier molecular flexibility index (Phi) is 3.38. The molecule has 0 atom stereocenters. The van der Waals surface area contributed by atoms with E-state index >= 15 is 0 Å². The van der Waals surface area contributed by atoms with Crippen molar-refractivity contribution in [2.45, 2.75) is 20.3 Å². The first kappa shape index (κ1) is 12.0. The van der Waals surface area contributed by atoms with E-state index in [1.54, 1.807) is 13.0 Å². The summed E-state index contributed by atoms with van der Waals surface area (Å²) >= 11 is 6.03. The van der Waals surface area contributed by atoms with E-state index in [0.717, 1.165) is 11.1 Å². The molecule has 1 aromatic heterocycles. The highest BCUT2D eigenvalue weighted by Gasteiger charge is 2.13. The standard InChI is InChI=1S/C13H12ClFN2/c1-3-9-12(16-7-17-13(9)14)10-5-4-6-11(15)8(10)2/h4-7H,3H2,1-2H3. The summed E-state index contributed by atoms with van der Waals surface area (Å²) in [6.45, 7) is 3.71. The van der Waals surface area contributed by atoms with Crippen LogP contribution in [0.25, 0.3) is 11.3 Å². The van der Waals surface area contributed by atoms with Crippen LogP contribution in [-0.4, -0.2) is 9.97 Å². The molecule has 4 heteroatoms. The Hall–Kier alpha value is -1.48. The lowest BCUT2D eigenvalue weighted by Gasteiger charge is -2.10. The van der Waals surface area contributed by atoms with Crippen LogP contribution in [0.15, 0.2) is 24.5 Å². The van der Waals surface area contributed by atoms with Gasteiger partial charge in [-0.25, -0.2) is 14.4 Å². The average Bonchev–Trinajstić information content (AvgIpc) is 2.32. The maximum absolute atomic E-state index is 13.5. The van der Waals surface area contributed by atoms with Crippen molar-refractivity contribution in [3.05, 3.63) is 46.6 Å². The quantitative estimate of drug-likeness (QED) is 0.758. The predicted octanol–water partition coefficient (Wildman–Crippen LogP) is 3.81. The Morgan fingerprint density at radius 1 is 1.29 bits per heavy atom. The number of hydrogen-bond donors (Lipinski definition) is 0. The van der Waals surface area contributed by atoms with Crippen LogP contribution >= 0.6 is 11.6 Å². The van der Waals surface area contributed by atoms with E-state index in [1.807, 2.05) is 13.0 Å². The lowest BCUT2D eigenvalue weighted by molar-refractivity contribution is 0.619. The third-order valence-corrected chi connectivity index (χ3v) is 3.09. The molecular formula is C13H12ClFN2. The molecule has 2 nitrogen and oxygen atoms in total. The Balaban J connectivity index is 2.68. The Morgan fingerprint density at radius 2 is 2.06 bits per heavy atom. The molecule has 1 aromatic carbocycles. The van der Waals surface area contributed by atoms with Gasteiger partial charge in [-0.1, -0.05) is 30.7 Å². The summed E-state index contributed by atoms with van der Waals surface area (Å²) in [7, 11) is 0. The van der Waals surface area contributed by atoms with Crippen LogP contribution in [0.1, 0.15) is 18.1 Å². The zero-order chi connectivity index (χ0) is 12.4. The topological polar surface area (TPSA) is 25.8 Å². The van der Waals surface area contributed by atoms with Crippen molar-refractivity contribution in [2.75, 3.05) is 0 Å². The fraction of sp³-hybridized carbons (Fsp3) is 0.231. The number of aromatic nitrogens is 2. The lowest BCUT2D eigenvalue weighted by Crippen LogP contribution is -1.98. The molecule has 0 unspecified atom stereocenters. The molecule has 0 radical (unpaired) electrons. The van der Waals surface area contributed by atoms with E-state index in [-0.39, 0.29) is 5.82 Å². The largest absolute Gasteiger partial charge is 0.236 e. The molecule has 2 rings (SSSR count). The fourth-order valence-electron chi connectivity index (χ4n) is 1.80. The van der Waals surface area contributed by atoms with Gasteiger partial charge >= 0.3 is 0 Å². The molecule has 88 valence electrons. The van der Waals surface area contributed by atoms with Crippen molar-refractivity contribution in [3.8, 4) is 11.3 Å². The monoisotopic (exact) mass is 250 g/mol. The third-order valence-electron chi connectivity index (χ3n) is 2.77. The van der Waals surface area contributed by atoms with E-state index in [1.165, 1.54) is 12.4 Å². The van der Waals surface area contributed by atoms with E-state index in [9.17, 15) is 4.39 Å². The van der Waals surface area contributed by atoms with Crippen molar-refractivity contribution in [1.82, 2.24) is 9.97 Å². The number of benzene rings is 1. The molecule has 17 heavy (non-hydrogen) atoms. The number of rotatable bonds is 2. The summed E-state index contributed by atoms with van der Waals surface area (Å²) in [4.78, 5) is 8.17. The fourth-order valence-corrected chi connectivity index (χ4v) is 2.07. The molecule has 0 aliphatic carbocycles. The normalized spacial score (nSPS) is 10.6. The summed E-state index contributed by atoms with van der Waals surface area (Å²) in [5, 5.41) is 0.432. The minimum Gasteiger partial charge on any atom is -0.236 e. The minimum absolute atomic E-state index is 0.237. The highest BCUT2D eigenvalue weighted by Crippen LogP contribution is 2.29. The molecule has 0 bridgehead atoms. The van der Waals surface area contributed by atoms with Gasteiger partial charge in [0.2, 0.25) is 0 Å². The summed E-state index contributed by atoms with van der Waals surface area (Å²) in [5.41, 5.74) is 2.91. The average molecular weight is 251 g/mol. The number of hydrogen-bond acceptors (Lipinski definition) is 2. The van der Waals surface area contributed by atoms with Crippen molar-refractivity contribution >= 4 is 11.6 Å². The molecule has 0 fully saturated rings. The molecule has 0 saturated carbocycles. The molecular weight excluding hydrogens is 239 g/mol. The van der Waals surface area contributed by atoms with Gasteiger partial charge in [0.15, 0.2) is 0 Å². The molecule has 0 aliphatic heterocycles. The molecule has 0 N–H and O–H groups in total. The summed E-state index contributed by atoms with van der Waals surface area (Å²) in [6.07, 6.45) is 2.12. The molecule has 0 amide bonds. The predicted molar refractivity (Wildman–Crippen MR) is 66.6 cm³/mol. The van der Waals surface area contributed by atoms with Gasteiger partial charge < -0.3 is 0 Å². The van der Waals surface area contributed by atoms with Crippen LogP contribution in [0.4, 0.5) is 4.39 Å². The smallest absolute Gasteiger partial charge is 0.136 e.